The van der Waals surface area contributed by atoms with Crippen LogP contribution in [0.3, 0.4) is 0 Å². The number of fused-ring (bicyclic) bond motifs is 1. The molecule has 0 bridgehead atoms. The third-order valence-corrected chi connectivity index (χ3v) is 4.03. The molecule has 7 nitrogen and oxygen atoms in total. The molecular weight excluding hydrogens is 352 g/mol. The Balaban J connectivity index is 1.60. The summed E-state index contributed by atoms with van der Waals surface area (Å²) >= 11 is 0. The molecule has 0 aliphatic carbocycles. The predicted molar refractivity (Wildman–Crippen MR) is 108 cm³/mol. The lowest BCUT2D eigenvalue weighted by atomic mass is 10.2. The van der Waals surface area contributed by atoms with E-state index in [4.69, 9.17) is 10.00 Å². The van der Waals surface area contributed by atoms with Crippen molar-refractivity contribution in [3.8, 4) is 17.7 Å². The summed E-state index contributed by atoms with van der Waals surface area (Å²) in [7, 11) is 1.78. The fourth-order valence-corrected chi connectivity index (χ4v) is 2.65. The monoisotopic (exact) mass is 368 g/mol. The molecule has 0 aliphatic rings. The van der Waals surface area contributed by atoms with E-state index in [2.05, 4.69) is 31.7 Å². The average molecular weight is 368 g/mol. The Morgan fingerprint density at radius 1 is 1.00 bits per heavy atom. The molecule has 0 saturated heterocycles. The minimum Gasteiger partial charge on any atom is -0.439 e. The highest BCUT2D eigenvalue weighted by molar-refractivity contribution is 5.79. The van der Waals surface area contributed by atoms with Crippen LogP contribution in [0.4, 0.5) is 17.5 Å². The van der Waals surface area contributed by atoms with Crippen molar-refractivity contribution in [2.24, 2.45) is 0 Å². The van der Waals surface area contributed by atoms with E-state index in [9.17, 15) is 0 Å². The van der Waals surface area contributed by atoms with Crippen LogP contribution >= 0.6 is 0 Å². The standard InChI is InChI=1S/C21H16N6O/c1-23-19-12-20(28-17-9-6-15-3-2-10-24-18(15)11-17)27-21(26-19)25-16-7-4-14(13-22)5-8-16/h2-12H,1H3,(H2,23,25,26,27). The van der Waals surface area contributed by atoms with Crippen molar-refractivity contribution in [2.75, 3.05) is 17.7 Å². The summed E-state index contributed by atoms with van der Waals surface area (Å²) in [5.41, 5.74) is 2.20. The molecular formula is C21H16N6O. The first kappa shape index (κ1) is 17.2. The predicted octanol–water partition coefficient (Wildman–Crippen LogP) is 4.47. The van der Waals surface area contributed by atoms with Crippen LogP contribution in [0.5, 0.6) is 11.6 Å². The van der Waals surface area contributed by atoms with Crippen LogP contribution in [0.2, 0.25) is 0 Å². The van der Waals surface area contributed by atoms with Crippen molar-refractivity contribution in [3.63, 3.8) is 0 Å². The number of nitrogens with one attached hydrogen (secondary N) is 2. The van der Waals surface area contributed by atoms with Gasteiger partial charge in [0.05, 0.1) is 17.1 Å². The maximum absolute atomic E-state index is 8.90. The van der Waals surface area contributed by atoms with Crippen LogP contribution in [0.15, 0.2) is 66.9 Å². The lowest BCUT2D eigenvalue weighted by Crippen LogP contribution is -2.02. The Kier molecular flexibility index (Phi) is 4.68. The van der Waals surface area contributed by atoms with Crippen molar-refractivity contribution < 1.29 is 4.74 Å². The summed E-state index contributed by atoms with van der Waals surface area (Å²) in [5.74, 6) is 2.02. The highest BCUT2D eigenvalue weighted by Crippen LogP contribution is 2.26. The molecule has 0 saturated carbocycles. The zero-order valence-corrected chi connectivity index (χ0v) is 15.0. The molecule has 28 heavy (non-hydrogen) atoms. The lowest BCUT2D eigenvalue weighted by Gasteiger charge is -2.11. The Morgan fingerprint density at radius 3 is 2.64 bits per heavy atom. The normalized spacial score (nSPS) is 10.3. The smallest absolute Gasteiger partial charge is 0.232 e. The van der Waals surface area contributed by atoms with E-state index in [0.29, 0.717) is 29.0 Å². The van der Waals surface area contributed by atoms with Crippen LogP contribution in [0, 0.1) is 11.3 Å². The zero-order chi connectivity index (χ0) is 19.3. The first-order valence-electron chi connectivity index (χ1n) is 8.60. The number of ether oxygens (including phenoxy) is 1. The maximum atomic E-state index is 8.90. The number of benzene rings is 2. The van der Waals surface area contributed by atoms with Crippen LogP contribution < -0.4 is 15.4 Å². The number of hydrogen-bond acceptors (Lipinski definition) is 7. The number of aromatic nitrogens is 3. The number of nitrogens with zero attached hydrogens (tertiary/aromatic N) is 4. The number of rotatable bonds is 5. The molecule has 2 aromatic heterocycles. The van der Waals surface area contributed by atoms with Gasteiger partial charge in [-0.15, -0.1) is 0 Å². The highest BCUT2D eigenvalue weighted by Gasteiger charge is 2.08. The van der Waals surface area contributed by atoms with E-state index in [1.54, 1.807) is 43.6 Å². The Bertz CT molecular complexity index is 1170. The molecule has 4 aromatic rings. The van der Waals surface area contributed by atoms with Gasteiger partial charge in [-0.3, -0.25) is 4.98 Å². The molecule has 2 N–H and O–H groups in total. The molecule has 0 amide bonds. The van der Waals surface area contributed by atoms with Gasteiger partial charge in [0.15, 0.2) is 0 Å². The Labute approximate surface area is 161 Å². The summed E-state index contributed by atoms with van der Waals surface area (Å²) in [6.45, 7) is 0. The third kappa shape index (κ3) is 3.81. The number of anilines is 3. The molecule has 0 radical (unpaired) electrons. The van der Waals surface area contributed by atoms with Crippen LogP contribution in [-0.2, 0) is 0 Å². The van der Waals surface area contributed by atoms with E-state index < -0.39 is 0 Å². The van der Waals surface area contributed by atoms with Gasteiger partial charge in [0.25, 0.3) is 0 Å². The molecule has 0 aliphatic heterocycles. The lowest BCUT2D eigenvalue weighted by molar-refractivity contribution is 0.463. The average Bonchev–Trinajstić information content (AvgIpc) is 2.74. The van der Waals surface area contributed by atoms with Crippen molar-refractivity contribution in [3.05, 3.63) is 72.4 Å². The second-order valence-electron chi connectivity index (χ2n) is 5.94. The fraction of sp³-hybridized carbons (Fsp3) is 0.0476. The molecule has 0 spiro atoms. The Hall–Kier alpha value is -4.18. The summed E-state index contributed by atoms with van der Waals surface area (Å²) in [6.07, 6.45) is 1.75. The van der Waals surface area contributed by atoms with Crippen LogP contribution in [-0.4, -0.2) is 22.0 Å². The molecule has 2 aromatic carbocycles. The SMILES string of the molecule is CNc1cc(Oc2ccc3cccnc3c2)nc(Nc2ccc(C#N)cc2)n1. The Morgan fingerprint density at radius 2 is 1.86 bits per heavy atom. The molecule has 0 fully saturated rings. The topological polar surface area (TPSA) is 95.8 Å². The number of nitriles is 1. The number of pyridine rings is 1. The molecule has 0 atom stereocenters. The van der Waals surface area contributed by atoms with Gasteiger partial charge in [0, 0.05) is 36.5 Å². The maximum Gasteiger partial charge on any atom is 0.232 e. The first-order chi connectivity index (χ1) is 13.7. The van der Waals surface area contributed by atoms with Gasteiger partial charge in [-0.25, -0.2) is 0 Å². The van der Waals surface area contributed by atoms with E-state index in [0.717, 1.165) is 16.6 Å². The molecule has 2 heterocycles. The fourth-order valence-electron chi connectivity index (χ4n) is 2.65. The summed E-state index contributed by atoms with van der Waals surface area (Å²) in [5, 5.41) is 16.1. The minimum atomic E-state index is 0.380. The van der Waals surface area contributed by atoms with E-state index in [1.807, 2.05) is 30.3 Å². The number of hydrogen-bond donors (Lipinski definition) is 2. The quantitative estimate of drug-likeness (QED) is 0.536. The second kappa shape index (κ2) is 7.60. The molecule has 7 heteroatoms. The molecule has 4 rings (SSSR count). The zero-order valence-electron chi connectivity index (χ0n) is 15.0. The van der Waals surface area contributed by atoms with Crippen molar-refractivity contribution in [1.29, 1.82) is 5.26 Å². The van der Waals surface area contributed by atoms with Crippen molar-refractivity contribution in [1.82, 2.24) is 15.0 Å². The van der Waals surface area contributed by atoms with Gasteiger partial charge >= 0.3 is 0 Å². The highest BCUT2D eigenvalue weighted by atomic mass is 16.5. The van der Waals surface area contributed by atoms with Gasteiger partial charge in [0.1, 0.15) is 11.6 Å². The summed E-state index contributed by atoms with van der Waals surface area (Å²) in [6, 6.07) is 20.4. The van der Waals surface area contributed by atoms with Crippen LogP contribution in [0.1, 0.15) is 5.56 Å². The van der Waals surface area contributed by atoms with E-state index in [-0.39, 0.29) is 0 Å². The summed E-state index contributed by atoms with van der Waals surface area (Å²) < 4.78 is 5.93. The van der Waals surface area contributed by atoms with Gasteiger partial charge in [-0.1, -0.05) is 6.07 Å². The van der Waals surface area contributed by atoms with Gasteiger partial charge in [0.2, 0.25) is 11.8 Å². The van der Waals surface area contributed by atoms with Gasteiger partial charge < -0.3 is 15.4 Å². The van der Waals surface area contributed by atoms with Gasteiger partial charge in [-0.2, -0.15) is 15.2 Å². The van der Waals surface area contributed by atoms with E-state index >= 15 is 0 Å². The third-order valence-electron chi connectivity index (χ3n) is 4.03. The van der Waals surface area contributed by atoms with Crippen molar-refractivity contribution >= 4 is 28.4 Å². The molecule has 136 valence electrons. The van der Waals surface area contributed by atoms with Crippen molar-refractivity contribution in [2.45, 2.75) is 0 Å². The largest absolute Gasteiger partial charge is 0.439 e. The second-order valence-corrected chi connectivity index (χ2v) is 5.94. The minimum absolute atomic E-state index is 0.380. The first-order valence-corrected chi connectivity index (χ1v) is 8.60. The van der Waals surface area contributed by atoms with Gasteiger partial charge in [-0.05, 0) is 42.5 Å². The molecule has 0 unspecified atom stereocenters. The summed E-state index contributed by atoms with van der Waals surface area (Å²) in [4.78, 5) is 13.2. The van der Waals surface area contributed by atoms with E-state index in [1.165, 1.54) is 0 Å². The van der Waals surface area contributed by atoms with Crippen LogP contribution in [0.25, 0.3) is 10.9 Å².